The van der Waals surface area contributed by atoms with E-state index in [2.05, 4.69) is 30.6 Å². The first-order valence-electron chi connectivity index (χ1n) is 13.3. The Morgan fingerprint density at radius 2 is 1.90 bits per heavy atom. The van der Waals surface area contributed by atoms with Gasteiger partial charge in [0.15, 0.2) is 0 Å². The lowest BCUT2D eigenvalue weighted by atomic mass is 9.90. The number of imidazole rings is 1. The molecule has 4 aromatic rings. The van der Waals surface area contributed by atoms with Crippen LogP contribution in [0.4, 0.5) is 30.9 Å². The molecule has 1 amide bonds. The molecule has 3 atom stereocenters. The van der Waals surface area contributed by atoms with Gasteiger partial charge in [-0.1, -0.05) is 6.92 Å². The number of halogens is 2. The summed E-state index contributed by atoms with van der Waals surface area (Å²) in [6.07, 6.45) is 4.39. The van der Waals surface area contributed by atoms with E-state index >= 15 is 8.78 Å². The molecule has 222 valence electrons. The van der Waals surface area contributed by atoms with E-state index in [9.17, 15) is 4.79 Å². The molecule has 12 nitrogen and oxygen atoms in total. The number of carbonyl (C=O) groups is 1. The van der Waals surface area contributed by atoms with Crippen LogP contribution in [0, 0.1) is 17.6 Å². The highest BCUT2D eigenvalue weighted by molar-refractivity contribution is 5.74. The van der Waals surface area contributed by atoms with Gasteiger partial charge < -0.3 is 35.5 Å². The van der Waals surface area contributed by atoms with Crippen molar-refractivity contribution in [1.82, 2.24) is 24.9 Å². The van der Waals surface area contributed by atoms with E-state index in [0.717, 1.165) is 17.8 Å². The summed E-state index contributed by atoms with van der Waals surface area (Å²) in [6.45, 7) is 3.52. The van der Waals surface area contributed by atoms with Crippen molar-refractivity contribution in [2.45, 2.75) is 19.0 Å². The summed E-state index contributed by atoms with van der Waals surface area (Å²) in [5.74, 6) is -1.23. The smallest absolute Gasteiger partial charge is 0.407 e. The molecule has 4 heterocycles. The zero-order valence-electron chi connectivity index (χ0n) is 23.4. The van der Waals surface area contributed by atoms with Gasteiger partial charge >= 0.3 is 6.09 Å². The van der Waals surface area contributed by atoms with Gasteiger partial charge in [-0.25, -0.2) is 18.6 Å². The summed E-state index contributed by atoms with van der Waals surface area (Å²) in [4.78, 5) is 22.6. The Morgan fingerprint density at radius 1 is 1.12 bits per heavy atom. The summed E-state index contributed by atoms with van der Waals surface area (Å²) in [5.41, 5.74) is 8.29. The molecule has 1 aromatic carbocycles. The molecule has 0 aliphatic carbocycles. The number of rotatable bonds is 9. The third-order valence-corrected chi connectivity index (χ3v) is 7.08. The van der Waals surface area contributed by atoms with Crippen LogP contribution in [-0.4, -0.2) is 78.3 Å². The topological polar surface area (TPSA) is 141 Å². The number of nitrogens with zero attached hydrogens (tertiary/aromatic N) is 5. The largest absolute Gasteiger partial charge is 0.491 e. The third-order valence-electron chi connectivity index (χ3n) is 7.08. The third kappa shape index (κ3) is 6.04. The number of nitrogens with two attached hydrogens (primary N) is 1. The average Bonchev–Trinajstić information content (AvgIpc) is 3.36. The molecule has 1 aliphatic rings. The van der Waals surface area contributed by atoms with Crippen molar-refractivity contribution in [2.75, 3.05) is 50.7 Å². The highest BCUT2D eigenvalue weighted by Gasteiger charge is 2.34. The fraction of sp³-hybridized carbons (Fsp3) is 0.357. The zero-order chi connectivity index (χ0) is 29.8. The number of carbonyl (C=O) groups excluding carboxylic acids is 1. The number of pyridine rings is 1. The molecule has 0 unspecified atom stereocenters. The van der Waals surface area contributed by atoms with Gasteiger partial charge in [0.25, 0.3) is 0 Å². The van der Waals surface area contributed by atoms with Gasteiger partial charge in [0, 0.05) is 44.6 Å². The van der Waals surface area contributed by atoms with Gasteiger partial charge in [-0.2, -0.15) is 9.61 Å². The summed E-state index contributed by atoms with van der Waals surface area (Å²) in [5, 5.41) is 10.6. The monoisotopic (exact) mass is 582 g/mol. The van der Waals surface area contributed by atoms with Crippen LogP contribution < -0.4 is 26.0 Å². The number of ether oxygens (including phenoxy) is 3. The molecule has 0 radical (unpaired) electrons. The molecule has 1 aliphatic heterocycles. The molecule has 0 spiro atoms. The van der Waals surface area contributed by atoms with Crippen molar-refractivity contribution in [3.05, 3.63) is 60.6 Å². The number of hydrogen-bond acceptors (Lipinski definition) is 10. The number of nitrogens with one attached hydrogen (secondary N) is 2. The Bertz CT molecular complexity index is 1530. The Balaban J connectivity index is 1.40. The van der Waals surface area contributed by atoms with E-state index in [1.165, 1.54) is 24.8 Å². The van der Waals surface area contributed by atoms with E-state index in [0.29, 0.717) is 30.2 Å². The number of alkyl carbamates (subject to hydrolysis) is 1. The molecule has 42 heavy (non-hydrogen) atoms. The summed E-state index contributed by atoms with van der Waals surface area (Å²) in [7, 11) is 2.82. The lowest BCUT2D eigenvalue weighted by Gasteiger charge is -2.42. The molecule has 5 rings (SSSR count). The van der Waals surface area contributed by atoms with E-state index in [4.69, 9.17) is 19.9 Å². The molecule has 0 bridgehead atoms. The van der Waals surface area contributed by atoms with E-state index in [1.54, 1.807) is 24.7 Å². The maximum atomic E-state index is 15.0. The SMILES string of the molecule is COCCOc1cc(F)c(-c2ccc3cnc(Nc4cnccc4N4C[C@@H](N)[C@@H](NC(=O)OC)[C@@H](C)C4)n3n2)c(F)c1. The normalized spacial score (nSPS) is 18.6. The number of anilines is 3. The Kier molecular flexibility index (Phi) is 8.64. The minimum absolute atomic E-state index is 0.0203. The van der Waals surface area contributed by atoms with Crippen molar-refractivity contribution in [3.8, 4) is 17.0 Å². The van der Waals surface area contributed by atoms with Crippen molar-refractivity contribution in [2.24, 2.45) is 11.7 Å². The predicted molar refractivity (Wildman–Crippen MR) is 152 cm³/mol. The second-order valence-corrected chi connectivity index (χ2v) is 9.97. The second kappa shape index (κ2) is 12.5. The Morgan fingerprint density at radius 3 is 2.62 bits per heavy atom. The van der Waals surface area contributed by atoms with Gasteiger partial charge in [-0.05, 0) is 24.1 Å². The van der Waals surface area contributed by atoms with Crippen LogP contribution in [0.1, 0.15) is 6.92 Å². The summed E-state index contributed by atoms with van der Waals surface area (Å²) in [6, 6.07) is 6.68. The average molecular weight is 583 g/mol. The highest BCUT2D eigenvalue weighted by atomic mass is 19.1. The Labute approximate surface area is 240 Å². The minimum atomic E-state index is -0.811. The van der Waals surface area contributed by atoms with Gasteiger partial charge in [0.1, 0.15) is 24.0 Å². The molecule has 1 saturated heterocycles. The molecule has 14 heteroatoms. The van der Waals surface area contributed by atoms with Crippen molar-refractivity contribution in [1.29, 1.82) is 0 Å². The predicted octanol–water partition coefficient (Wildman–Crippen LogP) is 3.35. The molecular weight excluding hydrogens is 550 g/mol. The number of aromatic nitrogens is 4. The first kappa shape index (κ1) is 29.0. The number of methoxy groups -OCH3 is 2. The van der Waals surface area contributed by atoms with Crippen LogP contribution in [0.15, 0.2) is 48.9 Å². The molecular formula is C28H32F2N8O4. The van der Waals surface area contributed by atoms with Crippen LogP contribution in [0.3, 0.4) is 0 Å². The van der Waals surface area contributed by atoms with E-state index < -0.39 is 17.7 Å². The first-order valence-corrected chi connectivity index (χ1v) is 13.3. The van der Waals surface area contributed by atoms with Gasteiger partial charge in [-0.3, -0.25) is 4.98 Å². The van der Waals surface area contributed by atoms with Crippen molar-refractivity contribution < 1.29 is 27.8 Å². The van der Waals surface area contributed by atoms with Crippen LogP contribution in [0.25, 0.3) is 16.8 Å². The van der Waals surface area contributed by atoms with Gasteiger partial charge in [0.05, 0.1) is 60.3 Å². The summed E-state index contributed by atoms with van der Waals surface area (Å²) < 4.78 is 46.5. The molecule has 4 N–H and O–H groups in total. The number of benzene rings is 1. The fourth-order valence-corrected chi connectivity index (χ4v) is 5.07. The lowest BCUT2D eigenvalue weighted by Crippen LogP contribution is -2.62. The number of amides is 1. The first-order chi connectivity index (χ1) is 20.3. The van der Waals surface area contributed by atoms with Gasteiger partial charge in [-0.15, -0.1) is 0 Å². The number of hydrogen-bond donors (Lipinski definition) is 3. The van der Waals surface area contributed by atoms with Crippen LogP contribution >= 0.6 is 0 Å². The number of fused-ring (bicyclic) bond motifs is 1. The van der Waals surface area contributed by atoms with E-state index in [-0.39, 0.29) is 48.2 Å². The second-order valence-electron chi connectivity index (χ2n) is 9.97. The minimum Gasteiger partial charge on any atom is -0.491 e. The Hall–Kier alpha value is -4.56. The quantitative estimate of drug-likeness (QED) is 0.252. The standard InChI is InChI=1S/C28H32F2N8O4/c1-16-14-37(15-21(31)26(16)35-28(39)41-3)24-6-7-32-13-23(24)34-27-33-12-17-4-5-22(36-38(17)27)25-19(29)10-18(11-20(25)30)42-9-8-40-2/h4-7,10-13,16,21,26H,8-9,14-15,31H2,1-3H3,(H,33,34)(H,35,39)/t16-,21+,26-/m0/s1. The van der Waals surface area contributed by atoms with Crippen LogP contribution in [0.5, 0.6) is 5.75 Å². The summed E-state index contributed by atoms with van der Waals surface area (Å²) >= 11 is 0. The maximum absolute atomic E-state index is 15.0. The fourth-order valence-electron chi connectivity index (χ4n) is 5.07. The van der Waals surface area contributed by atoms with E-state index in [1.807, 2.05) is 13.0 Å². The van der Waals surface area contributed by atoms with Gasteiger partial charge in [0.2, 0.25) is 5.95 Å². The molecule has 0 saturated carbocycles. The van der Waals surface area contributed by atoms with Crippen molar-refractivity contribution >= 4 is 28.9 Å². The van der Waals surface area contributed by atoms with Crippen LogP contribution in [0.2, 0.25) is 0 Å². The lowest BCUT2D eigenvalue weighted by molar-refractivity contribution is 0.146. The van der Waals surface area contributed by atoms with Crippen molar-refractivity contribution in [3.63, 3.8) is 0 Å². The number of piperidine rings is 1. The maximum Gasteiger partial charge on any atom is 0.407 e. The molecule has 1 fully saturated rings. The van der Waals surface area contributed by atoms with Crippen LogP contribution in [-0.2, 0) is 9.47 Å². The zero-order valence-corrected chi connectivity index (χ0v) is 23.4. The highest BCUT2D eigenvalue weighted by Crippen LogP contribution is 2.32. The molecule has 3 aromatic heterocycles.